The number of imidazole rings is 1. The van der Waals surface area contributed by atoms with Crippen LogP contribution in [0.1, 0.15) is 45.7 Å². The van der Waals surface area contributed by atoms with Gasteiger partial charge in [0.1, 0.15) is 17.3 Å². The first-order chi connectivity index (χ1) is 18.1. The van der Waals surface area contributed by atoms with Crippen LogP contribution in [0.15, 0.2) is 54.6 Å². The van der Waals surface area contributed by atoms with Crippen LogP contribution in [0.2, 0.25) is 5.02 Å². The second-order valence-electron chi connectivity index (χ2n) is 9.74. The van der Waals surface area contributed by atoms with Gasteiger partial charge in [0.05, 0.1) is 12.1 Å². The van der Waals surface area contributed by atoms with Crippen LogP contribution in [-0.2, 0) is 5.92 Å². The molecule has 0 saturated heterocycles. The van der Waals surface area contributed by atoms with E-state index in [1.54, 1.807) is 26.2 Å². The number of rotatable bonds is 7. The molecule has 0 spiro atoms. The number of carbonyl (C=O) groups excluding carboxylic acids is 1. The summed E-state index contributed by atoms with van der Waals surface area (Å²) >= 11 is 6.70. The number of amides is 1. The van der Waals surface area contributed by atoms with Crippen LogP contribution in [0.25, 0.3) is 22.5 Å². The average molecular weight is 536 g/mol. The maximum atomic E-state index is 14.6. The molecule has 4 aromatic rings. The highest BCUT2D eigenvalue weighted by atomic mass is 35.5. The Bertz CT molecular complexity index is 1540. The highest BCUT2D eigenvalue weighted by Gasteiger charge is 2.48. The summed E-state index contributed by atoms with van der Waals surface area (Å²) in [4.78, 5) is 20.9. The standard InChI is InChI=1S/C30H28ClF2N3O2/c1-16-8-5-6-11-22(16)25-17(2)26(23(31)15-24(25)38-4)28-34-18(3)27(36-28)29(37)35-21-10-7-9-20(14-21)30(32,33)19-12-13-19/h5-11,14-15,19H,12-13H2,1-4H3,(H,34,36)(H,35,37). The molecule has 1 saturated carbocycles. The minimum Gasteiger partial charge on any atom is -0.496 e. The number of nitrogens with one attached hydrogen (secondary N) is 2. The Balaban J connectivity index is 1.50. The maximum Gasteiger partial charge on any atom is 0.276 e. The third-order valence-corrected chi connectivity index (χ3v) is 7.36. The van der Waals surface area contributed by atoms with Crippen LogP contribution in [0.4, 0.5) is 14.5 Å². The summed E-state index contributed by atoms with van der Waals surface area (Å²) in [5, 5.41) is 3.14. The highest BCUT2D eigenvalue weighted by molar-refractivity contribution is 6.33. The van der Waals surface area contributed by atoms with Crippen LogP contribution in [0, 0.1) is 26.7 Å². The Hall–Kier alpha value is -3.71. The number of aryl methyl sites for hydroxylation is 2. The van der Waals surface area contributed by atoms with Crippen LogP contribution in [-0.4, -0.2) is 23.0 Å². The number of aromatic nitrogens is 2. The summed E-state index contributed by atoms with van der Waals surface area (Å²) < 4.78 is 34.9. The van der Waals surface area contributed by atoms with Crippen LogP contribution >= 0.6 is 11.6 Å². The van der Waals surface area contributed by atoms with Gasteiger partial charge in [-0.15, -0.1) is 0 Å². The molecule has 0 atom stereocenters. The fraction of sp³-hybridized carbons (Fsp3) is 0.267. The van der Waals surface area contributed by atoms with E-state index in [0.717, 1.165) is 22.3 Å². The van der Waals surface area contributed by atoms with E-state index in [4.69, 9.17) is 16.3 Å². The number of carbonyl (C=O) groups is 1. The molecule has 38 heavy (non-hydrogen) atoms. The quantitative estimate of drug-likeness (QED) is 0.251. The Kier molecular flexibility index (Phi) is 6.73. The van der Waals surface area contributed by atoms with Crippen molar-refractivity contribution in [2.24, 2.45) is 5.92 Å². The maximum absolute atomic E-state index is 14.6. The largest absolute Gasteiger partial charge is 0.496 e. The molecule has 1 heterocycles. The fourth-order valence-electron chi connectivity index (χ4n) is 4.86. The van der Waals surface area contributed by atoms with E-state index in [1.807, 2.05) is 38.1 Å². The molecule has 5 nitrogen and oxygen atoms in total. The highest BCUT2D eigenvalue weighted by Crippen LogP contribution is 2.50. The van der Waals surface area contributed by atoms with Gasteiger partial charge in [-0.25, -0.2) is 13.8 Å². The molecule has 0 radical (unpaired) electrons. The van der Waals surface area contributed by atoms with Gasteiger partial charge in [-0.2, -0.15) is 0 Å². The topological polar surface area (TPSA) is 67.0 Å². The lowest BCUT2D eigenvalue weighted by molar-refractivity contribution is -0.0285. The van der Waals surface area contributed by atoms with Gasteiger partial charge in [0, 0.05) is 40.1 Å². The molecule has 0 unspecified atom stereocenters. The SMILES string of the molecule is COc1cc(Cl)c(-c2nc(C(=O)Nc3cccc(C(F)(F)C4CC4)c3)c(C)[nH]2)c(C)c1-c1ccccc1C. The molecule has 3 aromatic carbocycles. The monoisotopic (exact) mass is 535 g/mol. The van der Waals surface area contributed by atoms with E-state index in [2.05, 4.69) is 15.3 Å². The summed E-state index contributed by atoms with van der Waals surface area (Å²) in [5.41, 5.74) is 5.34. The molecule has 1 amide bonds. The minimum absolute atomic E-state index is 0.0957. The zero-order chi connectivity index (χ0) is 27.2. The zero-order valence-electron chi connectivity index (χ0n) is 21.6. The van der Waals surface area contributed by atoms with Crippen molar-refractivity contribution in [2.45, 2.75) is 39.5 Å². The van der Waals surface area contributed by atoms with E-state index in [0.29, 0.717) is 40.7 Å². The molecule has 1 aliphatic rings. The number of hydrogen-bond acceptors (Lipinski definition) is 3. The molecule has 1 aromatic heterocycles. The second kappa shape index (κ2) is 9.87. The lowest BCUT2D eigenvalue weighted by Crippen LogP contribution is -2.18. The molecule has 196 valence electrons. The van der Waals surface area contributed by atoms with Crippen molar-refractivity contribution in [3.63, 3.8) is 0 Å². The molecule has 0 bridgehead atoms. The Morgan fingerprint density at radius 2 is 1.82 bits per heavy atom. The summed E-state index contributed by atoms with van der Waals surface area (Å²) in [5.74, 6) is -2.98. The predicted octanol–water partition coefficient (Wildman–Crippen LogP) is 8.09. The molecular weight excluding hydrogens is 508 g/mol. The summed E-state index contributed by atoms with van der Waals surface area (Å²) in [6.45, 7) is 5.70. The van der Waals surface area contributed by atoms with Gasteiger partial charge in [-0.1, -0.05) is 48.0 Å². The molecule has 0 aliphatic heterocycles. The van der Waals surface area contributed by atoms with E-state index in [-0.39, 0.29) is 16.9 Å². The first-order valence-electron chi connectivity index (χ1n) is 12.4. The number of hydrogen-bond donors (Lipinski definition) is 2. The van der Waals surface area contributed by atoms with E-state index < -0.39 is 17.7 Å². The number of benzene rings is 3. The van der Waals surface area contributed by atoms with Gasteiger partial charge in [0.15, 0.2) is 0 Å². The minimum atomic E-state index is -2.91. The van der Waals surface area contributed by atoms with Gasteiger partial charge in [0.2, 0.25) is 0 Å². The Morgan fingerprint density at radius 1 is 1.08 bits per heavy atom. The lowest BCUT2D eigenvalue weighted by Gasteiger charge is -2.18. The van der Waals surface area contributed by atoms with Gasteiger partial charge >= 0.3 is 0 Å². The predicted molar refractivity (Wildman–Crippen MR) is 146 cm³/mol. The van der Waals surface area contributed by atoms with E-state index in [1.165, 1.54) is 18.2 Å². The average Bonchev–Trinajstić information content (AvgIpc) is 3.68. The first-order valence-corrected chi connectivity index (χ1v) is 12.8. The Morgan fingerprint density at radius 3 is 2.50 bits per heavy atom. The number of H-pyrrole nitrogens is 1. The molecule has 8 heteroatoms. The third-order valence-electron chi connectivity index (χ3n) is 7.06. The summed E-state index contributed by atoms with van der Waals surface area (Å²) in [7, 11) is 1.60. The molecule has 2 N–H and O–H groups in total. The summed E-state index contributed by atoms with van der Waals surface area (Å²) in [6, 6.07) is 15.6. The number of alkyl halides is 2. The smallest absolute Gasteiger partial charge is 0.276 e. The van der Waals surface area contributed by atoms with Gasteiger partial charge in [0.25, 0.3) is 11.8 Å². The number of halogens is 3. The molecule has 5 rings (SSSR count). The number of methoxy groups -OCH3 is 1. The van der Waals surface area contributed by atoms with Crippen molar-refractivity contribution < 1.29 is 18.3 Å². The number of nitrogens with zero attached hydrogens (tertiary/aromatic N) is 1. The number of anilines is 1. The van der Waals surface area contributed by atoms with Crippen molar-refractivity contribution in [3.05, 3.63) is 87.7 Å². The third kappa shape index (κ3) is 4.67. The van der Waals surface area contributed by atoms with Crippen LogP contribution < -0.4 is 10.1 Å². The van der Waals surface area contributed by atoms with Crippen molar-refractivity contribution in [1.29, 1.82) is 0 Å². The molecular formula is C30H28ClF2N3O2. The first kappa shape index (κ1) is 25.9. The number of aromatic amines is 1. The normalized spacial score (nSPS) is 13.4. The molecule has 1 aliphatic carbocycles. The molecule has 1 fully saturated rings. The van der Waals surface area contributed by atoms with E-state index >= 15 is 0 Å². The van der Waals surface area contributed by atoms with Crippen molar-refractivity contribution in [2.75, 3.05) is 12.4 Å². The zero-order valence-corrected chi connectivity index (χ0v) is 22.3. The van der Waals surface area contributed by atoms with Gasteiger partial charge in [-0.3, -0.25) is 4.79 Å². The second-order valence-corrected chi connectivity index (χ2v) is 10.1. The van der Waals surface area contributed by atoms with Crippen molar-refractivity contribution >= 4 is 23.2 Å². The fourth-order valence-corrected chi connectivity index (χ4v) is 5.19. The van der Waals surface area contributed by atoms with Crippen LogP contribution in [0.3, 0.4) is 0 Å². The summed E-state index contributed by atoms with van der Waals surface area (Å²) in [6.07, 6.45) is 1.02. The van der Waals surface area contributed by atoms with Crippen molar-refractivity contribution in [1.82, 2.24) is 9.97 Å². The van der Waals surface area contributed by atoms with Gasteiger partial charge < -0.3 is 15.0 Å². The van der Waals surface area contributed by atoms with E-state index in [9.17, 15) is 13.6 Å². The lowest BCUT2D eigenvalue weighted by atomic mass is 9.92. The number of ether oxygens (including phenoxy) is 1. The van der Waals surface area contributed by atoms with Crippen molar-refractivity contribution in [3.8, 4) is 28.3 Å². The van der Waals surface area contributed by atoms with Crippen LogP contribution in [0.5, 0.6) is 5.75 Å². The van der Waals surface area contributed by atoms with Gasteiger partial charge in [-0.05, 0) is 62.4 Å². The Labute approximate surface area is 225 Å².